The third kappa shape index (κ3) is 3.33. The molecule has 0 radical (unpaired) electrons. The van der Waals surface area contributed by atoms with Gasteiger partial charge in [0, 0.05) is 12.7 Å². The van der Waals surface area contributed by atoms with E-state index >= 15 is 0 Å². The van der Waals surface area contributed by atoms with Gasteiger partial charge in [-0.2, -0.15) is 13.2 Å². The standard InChI is InChI=1S/C19H14F3N3O2S/c20-19(21,22)12-3-1-2-4-15(12)25-7-5-14(18(25)27)24-17(26)11-9-16-13(23-10-11)6-8-28-16/h1-4,6,8-10,14H,5,7H2,(H,24,26). The molecule has 1 aliphatic rings. The molecule has 1 N–H and O–H groups in total. The summed E-state index contributed by atoms with van der Waals surface area (Å²) in [6, 6.07) is 7.56. The molecule has 1 saturated heterocycles. The van der Waals surface area contributed by atoms with Crippen LogP contribution in [0.25, 0.3) is 10.2 Å². The normalized spacial score (nSPS) is 17.3. The fourth-order valence-electron chi connectivity index (χ4n) is 3.21. The number of nitrogens with zero attached hydrogens (tertiary/aromatic N) is 2. The number of benzene rings is 1. The molecule has 9 heteroatoms. The van der Waals surface area contributed by atoms with Gasteiger partial charge in [0.05, 0.1) is 27.0 Å². The smallest absolute Gasteiger partial charge is 0.340 e. The fraction of sp³-hybridized carbons (Fsp3) is 0.211. The molecule has 0 spiro atoms. The molecule has 0 aliphatic carbocycles. The minimum absolute atomic E-state index is 0.0963. The van der Waals surface area contributed by atoms with E-state index < -0.39 is 29.6 Å². The van der Waals surface area contributed by atoms with Crippen LogP contribution in [0.4, 0.5) is 18.9 Å². The zero-order valence-electron chi connectivity index (χ0n) is 14.4. The Balaban J connectivity index is 1.53. The molecule has 1 aliphatic heterocycles. The Hall–Kier alpha value is -2.94. The molecular formula is C19H14F3N3O2S. The number of amides is 2. The van der Waals surface area contributed by atoms with E-state index in [1.807, 2.05) is 11.4 Å². The van der Waals surface area contributed by atoms with Crippen LogP contribution in [-0.4, -0.2) is 29.4 Å². The number of pyridine rings is 1. The van der Waals surface area contributed by atoms with Crippen LogP contribution in [0, 0.1) is 0 Å². The van der Waals surface area contributed by atoms with Gasteiger partial charge in [-0.1, -0.05) is 12.1 Å². The molecule has 1 unspecified atom stereocenters. The third-order valence-corrected chi connectivity index (χ3v) is 5.43. The van der Waals surface area contributed by atoms with Crippen molar-refractivity contribution in [3.8, 4) is 0 Å². The molecule has 1 fully saturated rings. The summed E-state index contributed by atoms with van der Waals surface area (Å²) in [6.07, 6.45) is -2.92. The lowest BCUT2D eigenvalue weighted by Gasteiger charge is -2.21. The van der Waals surface area contributed by atoms with Gasteiger partial charge in [0.15, 0.2) is 0 Å². The van der Waals surface area contributed by atoms with E-state index in [2.05, 4.69) is 10.3 Å². The van der Waals surface area contributed by atoms with Crippen molar-refractivity contribution < 1.29 is 22.8 Å². The summed E-state index contributed by atoms with van der Waals surface area (Å²) < 4.78 is 40.6. The van der Waals surface area contributed by atoms with E-state index in [4.69, 9.17) is 0 Å². The number of fused-ring (bicyclic) bond motifs is 1. The second kappa shape index (κ2) is 6.90. The molecule has 0 saturated carbocycles. The minimum Gasteiger partial charge on any atom is -0.340 e. The first-order valence-electron chi connectivity index (χ1n) is 8.46. The second-order valence-corrected chi connectivity index (χ2v) is 7.30. The molecular weight excluding hydrogens is 391 g/mol. The van der Waals surface area contributed by atoms with Crippen LogP contribution in [0.5, 0.6) is 0 Å². The van der Waals surface area contributed by atoms with Gasteiger partial charge in [-0.15, -0.1) is 11.3 Å². The number of para-hydroxylation sites is 1. The maximum atomic E-state index is 13.2. The van der Waals surface area contributed by atoms with Gasteiger partial charge < -0.3 is 10.2 Å². The van der Waals surface area contributed by atoms with Gasteiger partial charge in [-0.3, -0.25) is 14.6 Å². The zero-order valence-corrected chi connectivity index (χ0v) is 15.2. The second-order valence-electron chi connectivity index (χ2n) is 6.35. The Labute approximate surface area is 161 Å². The zero-order chi connectivity index (χ0) is 19.9. The summed E-state index contributed by atoms with van der Waals surface area (Å²) in [5, 5.41) is 4.47. The largest absolute Gasteiger partial charge is 0.418 e. The van der Waals surface area contributed by atoms with Crippen LogP contribution in [-0.2, 0) is 11.0 Å². The SMILES string of the molecule is O=C(NC1CCN(c2ccccc2C(F)(F)F)C1=O)c1cnc2ccsc2c1. The number of thiophene rings is 1. The number of anilines is 1. The van der Waals surface area contributed by atoms with E-state index in [9.17, 15) is 22.8 Å². The Bertz CT molecular complexity index is 1060. The maximum absolute atomic E-state index is 13.2. The monoisotopic (exact) mass is 405 g/mol. The Morgan fingerprint density at radius 3 is 2.82 bits per heavy atom. The van der Waals surface area contributed by atoms with E-state index in [1.54, 1.807) is 6.07 Å². The summed E-state index contributed by atoms with van der Waals surface area (Å²) in [4.78, 5) is 30.4. The molecule has 3 heterocycles. The van der Waals surface area contributed by atoms with Crippen molar-refractivity contribution in [3.63, 3.8) is 0 Å². The molecule has 5 nitrogen and oxygen atoms in total. The highest BCUT2D eigenvalue weighted by atomic mass is 32.1. The first-order valence-corrected chi connectivity index (χ1v) is 9.34. The number of alkyl halides is 3. The highest BCUT2D eigenvalue weighted by molar-refractivity contribution is 7.17. The summed E-state index contributed by atoms with van der Waals surface area (Å²) in [5.41, 5.74) is 0.00594. The number of hydrogen-bond donors (Lipinski definition) is 1. The molecule has 1 aromatic carbocycles. The van der Waals surface area contributed by atoms with Crippen LogP contribution in [0.3, 0.4) is 0 Å². The number of carbonyl (C=O) groups excluding carboxylic acids is 2. The average Bonchev–Trinajstić information content (AvgIpc) is 3.27. The van der Waals surface area contributed by atoms with E-state index in [0.717, 1.165) is 21.2 Å². The summed E-state index contributed by atoms with van der Waals surface area (Å²) in [7, 11) is 0. The van der Waals surface area contributed by atoms with Crippen molar-refractivity contribution >= 4 is 39.1 Å². The quantitative estimate of drug-likeness (QED) is 0.720. The molecule has 144 valence electrons. The van der Waals surface area contributed by atoms with Gasteiger partial charge in [0.1, 0.15) is 6.04 Å². The number of halogens is 3. The number of carbonyl (C=O) groups is 2. The molecule has 3 aromatic rings. The van der Waals surface area contributed by atoms with Crippen LogP contribution in [0.1, 0.15) is 22.3 Å². The van der Waals surface area contributed by atoms with Crippen molar-refractivity contribution in [1.82, 2.24) is 10.3 Å². The van der Waals surface area contributed by atoms with Crippen LogP contribution < -0.4 is 10.2 Å². The van der Waals surface area contributed by atoms with E-state index in [1.165, 1.54) is 35.7 Å². The lowest BCUT2D eigenvalue weighted by atomic mass is 10.1. The van der Waals surface area contributed by atoms with Crippen molar-refractivity contribution in [1.29, 1.82) is 0 Å². The Morgan fingerprint density at radius 2 is 2.04 bits per heavy atom. The average molecular weight is 405 g/mol. The van der Waals surface area contributed by atoms with Gasteiger partial charge in [-0.25, -0.2) is 0 Å². The molecule has 28 heavy (non-hydrogen) atoms. The van der Waals surface area contributed by atoms with Gasteiger partial charge in [0.25, 0.3) is 5.91 Å². The third-order valence-electron chi connectivity index (χ3n) is 4.58. The van der Waals surface area contributed by atoms with Crippen molar-refractivity contribution in [3.05, 3.63) is 59.1 Å². The lowest BCUT2D eigenvalue weighted by molar-refractivity contribution is -0.137. The Morgan fingerprint density at radius 1 is 1.25 bits per heavy atom. The summed E-state index contributed by atoms with van der Waals surface area (Å²) in [6.45, 7) is 0.0963. The fourth-order valence-corrected chi connectivity index (χ4v) is 3.99. The molecule has 1 atom stereocenters. The topological polar surface area (TPSA) is 62.3 Å². The van der Waals surface area contributed by atoms with Crippen molar-refractivity contribution in [2.75, 3.05) is 11.4 Å². The number of hydrogen-bond acceptors (Lipinski definition) is 4. The number of nitrogens with one attached hydrogen (secondary N) is 1. The van der Waals surface area contributed by atoms with E-state index in [-0.39, 0.29) is 18.7 Å². The lowest BCUT2D eigenvalue weighted by Crippen LogP contribution is -2.42. The summed E-state index contributed by atoms with van der Waals surface area (Å²) >= 11 is 1.44. The van der Waals surface area contributed by atoms with Crippen LogP contribution in [0.15, 0.2) is 48.0 Å². The molecule has 2 amide bonds. The highest BCUT2D eigenvalue weighted by Crippen LogP contribution is 2.37. The van der Waals surface area contributed by atoms with Crippen LogP contribution in [0.2, 0.25) is 0 Å². The maximum Gasteiger partial charge on any atom is 0.418 e. The van der Waals surface area contributed by atoms with Gasteiger partial charge >= 0.3 is 6.18 Å². The first-order chi connectivity index (χ1) is 13.3. The van der Waals surface area contributed by atoms with E-state index in [0.29, 0.717) is 5.56 Å². The predicted molar refractivity (Wildman–Crippen MR) is 99.3 cm³/mol. The number of rotatable bonds is 3. The minimum atomic E-state index is -4.57. The predicted octanol–water partition coefficient (Wildman–Crippen LogP) is 3.85. The van der Waals surface area contributed by atoms with Gasteiger partial charge in [0.2, 0.25) is 5.91 Å². The molecule has 2 aromatic heterocycles. The van der Waals surface area contributed by atoms with Crippen molar-refractivity contribution in [2.45, 2.75) is 18.6 Å². The van der Waals surface area contributed by atoms with Crippen LogP contribution >= 0.6 is 11.3 Å². The molecule has 4 rings (SSSR count). The summed E-state index contributed by atoms with van der Waals surface area (Å²) in [5.74, 6) is -1.04. The Kier molecular flexibility index (Phi) is 4.54. The number of aromatic nitrogens is 1. The highest BCUT2D eigenvalue weighted by Gasteiger charge is 2.40. The molecule has 0 bridgehead atoms. The van der Waals surface area contributed by atoms with Crippen molar-refractivity contribution in [2.24, 2.45) is 0 Å². The van der Waals surface area contributed by atoms with Gasteiger partial charge in [-0.05, 0) is 36.1 Å². The first kappa shape index (κ1) is 18.4.